The number of β-amino-alcohol motifs (C(OH)–C–C–N with tert-alkyl or cyclic N) is 1. The molecular weight excluding hydrogens is 643 g/mol. The first kappa shape index (κ1) is 35.4. The number of fused-ring (bicyclic) bond motifs is 2. The van der Waals surface area contributed by atoms with E-state index in [4.69, 9.17) is 24.6 Å². The highest BCUT2D eigenvalue weighted by atomic mass is 19.4. The van der Waals surface area contributed by atoms with Crippen molar-refractivity contribution in [3.8, 4) is 12.1 Å². The average Bonchev–Trinajstić information content (AvgIpc) is 3.42. The summed E-state index contributed by atoms with van der Waals surface area (Å²) < 4.78 is 38.0. The second kappa shape index (κ2) is 15.1. The molecule has 260 valence electrons. The van der Waals surface area contributed by atoms with Gasteiger partial charge in [-0.2, -0.15) is 28.4 Å². The monoisotopic (exact) mass is 681 g/mol. The standard InChI is InChI=1S/C32H37N7O3.C2HF3O2/c1-3-30(41)39-16-15-38(18-23(39)11-13-33)31-27-12-14-37(29-10-6-8-22-7-4-5-9-26(22)29)20-28(27)34-32(35-31)42-21-24-17-25(40)19-36(24)2;3-2(4,5)1(6)7/h3-10,23-25,40H,1,11-12,14-21H2,2H3;(H,6,7)/t23?,24-,25+;/m0./s1. The predicted molar refractivity (Wildman–Crippen MR) is 175 cm³/mol. The number of benzene rings is 2. The number of carboxylic acid groups (broad SMARTS) is 1. The number of halogens is 3. The normalized spacial score (nSPS) is 21.0. The average molecular weight is 682 g/mol. The van der Waals surface area contributed by atoms with Gasteiger partial charge in [-0.3, -0.25) is 9.69 Å². The zero-order valence-electron chi connectivity index (χ0n) is 27.0. The van der Waals surface area contributed by atoms with Crippen molar-refractivity contribution in [3.05, 3.63) is 66.4 Å². The van der Waals surface area contributed by atoms with Gasteiger partial charge in [-0.05, 0) is 37.4 Å². The Balaban J connectivity index is 0.000000606. The lowest BCUT2D eigenvalue weighted by Crippen LogP contribution is -2.55. The maximum absolute atomic E-state index is 12.5. The van der Waals surface area contributed by atoms with E-state index < -0.39 is 12.1 Å². The minimum atomic E-state index is -5.08. The Morgan fingerprint density at radius 2 is 1.82 bits per heavy atom. The molecule has 1 amide bonds. The number of hydrogen-bond donors (Lipinski definition) is 2. The van der Waals surface area contributed by atoms with Crippen molar-refractivity contribution >= 4 is 34.2 Å². The van der Waals surface area contributed by atoms with Crippen LogP contribution in [0.25, 0.3) is 10.8 Å². The minimum absolute atomic E-state index is 0.0868. The maximum Gasteiger partial charge on any atom is 0.490 e. The van der Waals surface area contributed by atoms with Gasteiger partial charge in [0.2, 0.25) is 5.91 Å². The molecule has 15 heteroatoms. The number of nitriles is 1. The number of ether oxygens (including phenoxy) is 1. The highest BCUT2D eigenvalue weighted by molar-refractivity contribution is 5.94. The van der Waals surface area contributed by atoms with Crippen molar-refractivity contribution in [2.45, 2.75) is 50.2 Å². The number of carboxylic acids is 1. The Morgan fingerprint density at radius 1 is 1.08 bits per heavy atom. The van der Waals surface area contributed by atoms with Gasteiger partial charge in [-0.15, -0.1) is 0 Å². The van der Waals surface area contributed by atoms with E-state index in [9.17, 15) is 28.3 Å². The largest absolute Gasteiger partial charge is 0.490 e. The lowest BCUT2D eigenvalue weighted by atomic mass is 10.0. The number of aliphatic carboxylic acids is 1. The molecule has 4 heterocycles. The highest BCUT2D eigenvalue weighted by Crippen LogP contribution is 2.35. The summed E-state index contributed by atoms with van der Waals surface area (Å²) in [4.78, 5) is 39.7. The predicted octanol–water partition coefficient (Wildman–Crippen LogP) is 3.39. The summed E-state index contributed by atoms with van der Waals surface area (Å²) in [5.41, 5.74) is 3.19. The molecule has 0 bridgehead atoms. The van der Waals surface area contributed by atoms with Gasteiger partial charge in [0, 0.05) is 55.4 Å². The first-order valence-corrected chi connectivity index (χ1v) is 15.9. The van der Waals surface area contributed by atoms with Crippen LogP contribution >= 0.6 is 0 Å². The number of likely N-dealkylation sites (N-methyl/N-ethyl adjacent to an activating group) is 1. The van der Waals surface area contributed by atoms with Gasteiger partial charge in [-0.1, -0.05) is 43.0 Å². The quantitative estimate of drug-likeness (QED) is 0.354. The molecule has 2 aromatic carbocycles. The summed E-state index contributed by atoms with van der Waals surface area (Å²) in [5, 5.41) is 29.1. The van der Waals surface area contributed by atoms with Gasteiger partial charge in [0.05, 0.1) is 36.9 Å². The number of likely N-dealkylation sites (tertiary alicyclic amines) is 1. The van der Waals surface area contributed by atoms with Crippen LogP contribution in [0.3, 0.4) is 0 Å². The third kappa shape index (κ3) is 8.21. The topological polar surface area (TPSA) is 146 Å². The fraction of sp³-hybridized carbons (Fsp3) is 0.441. The first-order valence-electron chi connectivity index (χ1n) is 15.9. The molecule has 3 aliphatic rings. The van der Waals surface area contributed by atoms with Crippen LogP contribution < -0.4 is 14.5 Å². The number of aliphatic hydroxyl groups excluding tert-OH is 1. The Labute approximate surface area is 281 Å². The Bertz CT molecular complexity index is 1730. The van der Waals surface area contributed by atoms with Crippen LogP contribution in [0.2, 0.25) is 0 Å². The number of aromatic nitrogens is 2. The van der Waals surface area contributed by atoms with Crippen molar-refractivity contribution in [2.75, 3.05) is 56.2 Å². The van der Waals surface area contributed by atoms with Crippen LogP contribution in [0.15, 0.2) is 55.1 Å². The summed E-state index contributed by atoms with van der Waals surface area (Å²) >= 11 is 0. The van der Waals surface area contributed by atoms with Gasteiger partial charge < -0.3 is 29.6 Å². The van der Waals surface area contributed by atoms with Crippen molar-refractivity contribution in [2.24, 2.45) is 0 Å². The van der Waals surface area contributed by atoms with Crippen LogP contribution in [0, 0.1) is 11.3 Å². The molecule has 1 unspecified atom stereocenters. The lowest BCUT2D eigenvalue weighted by molar-refractivity contribution is -0.192. The van der Waals surface area contributed by atoms with Crippen LogP contribution in [0.4, 0.5) is 24.7 Å². The number of carbonyl (C=O) groups is 2. The Kier molecular flexibility index (Phi) is 10.9. The van der Waals surface area contributed by atoms with Gasteiger partial charge >= 0.3 is 18.2 Å². The van der Waals surface area contributed by atoms with Gasteiger partial charge in [0.1, 0.15) is 12.4 Å². The molecule has 2 fully saturated rings. The number of aliphatic hydroxyl groups is 1. The SMILES string of the molecule is C=CC(=O)N1CCN(c2nc(OC[C@@H]3C[C@@H](O)CN3C)nc3c2CCN(c2cccc4ccccc24)C3)CC1CC#N.O=C(O)C(F)(F)F. The van der Waals surface area contributed by atoms with Gasteiger partial charge in [-0.25, -0.2) is 4.79 Å². The molecule has 2 N–H and O–H groups in total. The number of hydrogen-bond acceptors (Lipinski definition) is 10. The smallest absolute Gasteiger partial charge is 0.475 e. The zero-order valence-corrected chi connectivity index (χ0v) is 27.0. The van der Waals surface area contributed by atoms with Crippen LogP contribution in [0.1, 0.15) is 24.1 Å². The van der Waals surface area contributed by atoms with Crippen LogP contribution in [-0.2, 0) is 22.6 Å². The van der Waals surface area contributed by atoms with E-state index in [1.807, 2.05) is 7.05 Å². The summed E-state index contributed by atoms with van der Waals surface area (Å²) in [6.07, 6.45) is -2.47. The summed E-state index contributed by atoms with van der Waals surface area (Å²) in [7, 11) is 1.99. The molecule has 0 saturated carbocycles. The number of carbonyl (C=O) groups excluding carboxylic acids is 1. The third-order valence-electron chi connectivity index (χ3n) is 9.01. The van der Waals surface area contributed by atoms with E-state index in [0.717, 1.165) is 30.0 Å². The molecule has 6 rings (SSSR count). The number of alkyl halides is 3. The fourth-order valence-electron chi connectivity index (χ4n) is 6.56. The summed E-state index contributed by atoms with van der Waals surface area (Å²) in [6, 6.07) is 17.2. The molecule has 12 nitrogen and oxygen atoms in total. The van der Waals surface area contributed by atoms with Gasteiger partial charge in [0.15, 0.2) is 0 Å². The van der Waals surface area contributed by atoms with E-state index in [1.165, 1.54) is 22.5 Å². The van der Waals surface area contributed by atoms with E-state index in [-0.39, 0.29) is 30.5 Å². The Morgan fingerprint density at radius 3 is 2.49 bits per heavy atom. The molecule has 2 saturated heterocycles. The van der Waals surface area contributed by atoms with E-state index in [1.54, 1.807) is 4.90 Å². The van der Waals surface area contributed by atoms with Crippen molar-refractivity contribution < 1.29 is 37.7 Å². The molecule has 1 aromatic heterocycles. The van der Waals surface area contributed by atoms with Crippen LogP contribution in [-0.4, -0.2) is 113 Å². The van der Waals surface area contributed by atoms with Gasteiger partial charge in [0.25, 0.3) is 0 Å². The number of rotatable bonds is 7. The number of anilines is 2. The van der Waals surface area contributed by atoms with Crippen molar-refractivity contribution in [1.82, 2.24) is 19.8 Å². The molecule has 3 aromatic rings. The molecule has 3 atom stereocenters. The van der Waals surface area contributed by atoms with Crippen molar-refractivity contribution in [3.63, 3.8) is 0 Å². The van der Waals surface area contributed by atoms with E-state index in [2.05, 4.69) is 69.8 Å². The Hall–Kier alpha value is -4.94. The van der Waals surface area contributed by atoms with E-state index >= 15 is 0 Å². The number of piperazine rings is 1. The minimum Gasteiger partial charge on any atom is -0.475 e. The summed E-state index contributed by atoms with van der Waals surface area (Å²) in [6.45, 7) is 7.67. The molecular formula is C34H38F3N7O5. The zero-order chi connectivity index (χ0) is 35.3. The fourth-order valence-corrected chi connectivity index (χ4v) is 6.56. The number of amides is 1. The number of nitrogens with zero attached hydrogens (tertiary/aromatic N) is 7. The van der Waals surface area contributed by atoms with Crippen LogP contribution in [0.5, 0.6) is 6.01 Å². The maximum atomic E-state index is 12.5. The first-order chi connectivity index (χ1) is 23.4. The molecule has 3 aliphatic heterocycles. The lowest BCUT2D eigenvalue weighted by Gasteiger charge is -2.42. The summed E-state index contributed by atoms with van der Waals surface area (Å²) in [5.74, 6) is -2.09. The second-order valence-electron chi connectivity index (χ2n) is 12.2. The third-order valence-corrected chi connectivity index (χ3v) is 9.01. The second-order valence-corrected chi connectivity index (χ2v) is 12.2. The molecule has 0 spiro atoms. The van der Waals surface area contributed by atoms with E-state index in [0.29, 0.717) is 51.8 Å². The molecule has 0 radical (unpaired) electrons. The highest BCUT2D eigenvalue weighted by Gasteiger charge is 2.38. The molecule has 49 heavy (non-hydrogen) atoms. The molecule has 0 aliphatic carbocycles. The van der Waals surface area contributed by atoms with Crippen molar-refractivity contribution in [1.29, 1.82) is 5.26 Å².